The standard InChI is InChI=1S/C8H16BrNO2/c1-6(5-7(2)11)10-8(12)3-4-9/h6-7,11H,3-5H2,1-2H3,(H,10,12). The van der Waals surface area contributed by atoms with Crippen molar-refractivity contribution in [1.82, 2.24) is 5.32 Å². The molecule has 72 valence electrons. The van der Waals surface area contributed by atoms with Crippen LogP contribution in [-0.2, 0) is 4.79 Å². The van der Waals surface area contributed by atoms with Crippen molar-refractivity contribution in [2.45, 2.75) is 38.8 Å². The number of carbonyl (C=O) groups excluding carboxylic acids is 1. The molecule has 0 bridgehead atoms. The molecule has 0 aliphatic heterocycles. The van der Waals surface area contributed by atoms with Crippen LogP contribution < -0.4 is 5.32 Å². The number of hydrogen-bond acceptors (Lipinski definition) is 2. The number of rotatable bonds is 5. The third-order valence-electron chi connectivity index (χ3n) is 1.42. The van der Waals surface area contributed by atoms with E-state index in [1.807, 2.05) is 6.92 Å². The highest BCUT2D eigenvalue weighted by molar-refractivity contribution is 9.09. The fourth-order valence-corrected chi connectivity index (χ4v) is 1.36. The average Bonchev–Trinajstić information content (AvgIpc) is 1.84. The van der Waals surface area contributed by atoms with Gasteiger partial charge in [0.2, 0.25) is 5.91 Å². The second kappa shape index (κ2) is 6.43. The van der Waals surface area contributed by atoms with E-state index in [1.165, 1.54) is 0 Å². The van der Waals surface area contributed by atoms with Gasteiger partial charge >= 0.3 is 0 Å². The van der Waals surface area contributed by atoms with E-state index in [-0.39, 0.29) is 18.1 Å². The predicted molar refractivity (Wildman–Crippen MR) is 52.3 cm³/mol. The van der Waals surface area contributed by atoms with Crippen LogP contribution in [-0.4, -0.2) is 28.5 Å². The topological polar surface area (TPSA) is 49.3 Å². The minimum Gasteiger partial charge on any atom is -0.393 e. The van der Waals surface area contributed by atoms with Crippen molar-refractivity contribution in [3.8, 4) is 0 Å². The van der Waals surface area contributed by atoms with Gasteiger partial charge in [0, 0.05) is 17.8 Å². The number of carbonyl (C=O) groups is 1. The summed E-state index contributed by atoms with van der Waals surface area (Å²) in [5, 5.41) is 12.5. The molecule has 2 unspecified atom stereocenters. The first-order valence-corrected chi connectivity index (χ1v) is 5.21. The number of amides is 1. The molecule has 0 aliphatic rings. The van der Waals surface area contributed by atoms with E-state index < -0.39 is 0 Å². The second-order valence-electron chi connectivity index (χ2n) is 2.99. The third-order valence-corrected chi connectivity index (χ3v) is 1.82. The van der Waals surface area contributed by atoms with Gasteiger partial charge in [0.15, 0.2) is 0 Å². The van der Waals surface area contributed by atoms with Crippen molar-refractivity contribution in [2.24, 2.45) is 0 Å². The number of nitrogens with one attached hydrogen (secondary N) is 1. The van der Waals surface area contributed by atoms with E-state index in [9.17, 15) is 4.79 Å². The highest BCUT2D eigenvalue weighted by atomic mass is 79.9. The van der Waals surface area contributed by atoms with Crippen molar-refractivity contribution < 1.29 is 9.90 Å². The molecule has 0 saturated heterocycles. The molecule has 0 aromatic heterocycles. The van der Waals surface area contributed by atoms with Crippen molar-refractivity contribution in [3.05, 3.63) is 0 Å². The molecular formula is C8H16BrNO2. The van der Waals surface area contributed by atoms with Gasteiger partial charge in [-0.3, -0.25) is 4.79 Å². The Kier molecular flexibility index (Phi) is 6.38. The smallest absolute Gasteiger partial charge is 0.221 e. The molecule has 12 heavy (non-hydrogen) atoms. The van der Waals surface area contributed by atoms with Crippen LogP contribution in [0.5, 0.6) is 0 Å². The highest BCUT2D eigenvalue weighted by Gasteiger charge is 2.08. The molecule has 1 amide bonds. The monoisotopic (exact) mass is 237 g/mol. The minimum atomic E-state index is -0.357. The molecule has 0 radical (unpaired) electrons. The lowest BCUT2D eigenvalue weighted by molar-refractivity contribution is -0.121. The minimum absolute atomic E-state index is 0.0278. The summed E-state index contributed by atoms with van der Waals surface area (Å²) in [6, 6.07) is 0.0524. The van der Waals surface area contributed by atoms with Crippen LogP contribution in [0.1, 0.15) is 26.7 Å². The summed E-state index contributed by atoms with van der Waals surface area (Å²) in [7, 11) is 0. The van der Waals surface area contributed by atoms with E-state index in [1.54, 1.807) is 6.92 Å². The molecule has 2 N–H and O–H groups in total. The Hall–Kier alpha value is -0.0900. The fourth-order valence-electron chi connectivity index (χ4n) is 1.00. The van der Waals surface area contributed by atoms with Crippen molar-refractivity contribution in [3.63, 3.8) is 0 Å². The SMILES string of the molecule is CC(O)CC(C)NC(=O)CCBr. The van der Waals surface area contributed by atoms with Gasteiger partial charge in [-0.05, 0) is 20.3 Å². The van der Waals surface area contributed by atoms with Gasteiger partial charge in [0.25, 0.3) is 0 Å². The van der Waals surface area contributed by atoms with Gasteiger partial charge in [-0.1, -0.05) is 15.9 Å². The normalized spacial score (nSPS) is 15.3. The molecule has 0 aromatic rings. The van der Waals surface area contributed by atoms with Crippen LogP contribution in [0.15, 0.2) is 0 Å². The van der Waals surface area contributed by atoms with Crippen molar-refractivity contribution >= 4 is 21.8 Å². The summed E-state index contributed by atoms with van der Waals surface area (Å²) >= 11 is 3.18. The summed E-state index contributed by atoms with van der Waals surface area (Å²) < 4.78 is 0. The van der Waals surface area contributed by atoms with E-state index in [2.05, 4.69) is 21.2 Å². The first-order valence-electron chi connectivity index (χ1n) is 4.09. The van der Waals surface area contributed by atoms with Gasteiger partial charge in [0.05, 0.1) is 6.10 Å². The molecule has 0 rings (SSSR count). The summed E-state index contributed by atoms with van der Waals surface area (Å²) in [5.74, 6) is 0.0278. The lowest BCUT2D eigenvalue weighted by atomic mass is 10.1. The van der Waals surface area contributed by atoms with Crippen molar-refractivity contribution in [1.29, 1.82) is 0 Å². The van der Waals surface area contributed by atoms with Gasteiger partial charge < -0.3 is 10.4 Å². The number of aliphatic hydroxyl groups excluding tert-OH is 1. The van der Waals surface area contributed by atoms with Gasteiger partial charge in [-0.25, -0.2) is 0 Å². The summed E-state index contributed by atoms with van der Waals surface area (Å²) in [6.07, 6.45) is 0.738. The predicted octanol–water partition coefficient (Wildman–Crippen LogP) is 1.05. The molecule has 0 fully saturated rings. The van der Waals surface area contributed by atoms with Gasteiger partial charge in [0.1, 0.15) is 0 Å². The summed E-state index contributed by atoms with van der Waals surface area (Å²) in [6.45, 7) is 3.60. The molecule has 4 heteroatoms. The first kappa shape index (κ1) is 11.9. The van der Waals surface area contributed by atoms with Crippen LogP contribution in [0, 0.1) is 0 Å². The first-order chi connectivity index (χ1) is 5.56. The summed E-state index contributed by atoms with van der Waals surface area (Å²) in [4.78, 5) is 11.0. The van der Waals surface area contributed by atoms with Crippen LogP contribution >= 0.6 is 15.9 Å². The van der Waals surface area contributed by atoms with Crippen LogP contribution in [0.4, 0.5) is 0 Å². The third kappa shape index (κ3) is 6.61. The van der Waals surface area contributed by atoms with E-state index in [0.29, 0.717) is 18.2 Å². The van der Waals surface area contributed by atoms with Crippen LogP contribution in [0.25, 0.3) is 0 Å². The maximum Gasteiger partial charge on any atom is 0.221 e. The maximum absolute atomic E-state index is 11.0. The van der Waals surface area contributed by atoms with Crippen molar-refractivity contribution in [2.75, 3.05) is 5.33 Å². The fraction of sp³-hybridized carbons (Fsp3) is 0.875. The number of aliphatic hydroxyl groups is 1. The molecular weight excluding hydrogens is 222 g/mol. The largest absolute Gasteiger partial charge is 0.393 e. The Balaban J connectivity index is 3.54. The zero-order valence-corrected chi connectivity index (χ0v) is 9.10. The number of halogens is 1. The molecule has 0 spiro atoms. The van der Waals surface area contributed by atoms with E-state index >= 15 is 0 Å². The zero-order valence-electron chi connectivity index (χ0n) is 7.51. The maximum atomic E-state index is 11.0. The quantitative estimate of drug-likeness (QED) is 0.703. The molecule has 0 heterocycles. The Labute approximate surface area is 81.7 Å². The lowest BCUT2D eigenvalue weighted by Crippen LogP contribution is -2.34. The lowest BCUT2D eigenvalue weighted by Gasteiger charge is -2.14. The van der Waals surface area contributed by atoms with E-state index in [4.69, 9.17) is 5.11 Å². The molecule has 0 saturated carbocycles. The van der Waals surface area contributed by atoms with E-state index in [0.717, 1.165) is 0 Å². The Morgan fingerprint density at radius 2 is 2.17 bits per heavy atom. The second-order valence-corrected chi connectivity index (χ2v) is 3.79. The van der Waals surface area contributed by atoms with Gasteiger partial charge in [-0.2, -0.15) is 0 Å². The summed E-state index contributed by atoms with van der Waals surface area (Å²) in [5.41, 5.74) is 0. The number of hydrogen-bond donors (Lipinski definition) is 2. The van der Waals surface area contributed by atoms with Crippen LogP contribution in [0.2, 0.25) is 0 Å². The average molecular weight is 238 g/mol. The molecule has 2 atom stereocenters. The van der Waals surface area contributed by atoms with Crippen LogP contribution in [0.3, 0.4) is 0 Å². The number of alkyl halides is 1. The Bertz CT molecular complexity index is 139. The Morgan fingerprint density at radius 3 is 2.58 bits per heavy atom. The Morgan fingerprint density at radius 1 is 1.58 bits per heavy atom. The highest BCUT2D eigenvalue weighted by Crippen LogP contribution is 1.97. The zero-order chi connectivity index (χ0) is 9.56. The molecule has 3 nitrogen and oxygen atoms in total. The van der Waals surface area contributed by atoms with Gasteiger partial charge in [-0.15, -0.1) is 0 Å². The molecule has 0 aliphatic carbocycles. The molecule has 0 aromatic carbocycles.